The van der Waals surface area contributed by atoms with Crippen LogP contribution in [0.4, 0.5) is 10.6 Å². The number of carbonyl (C=O) groups excluding carboxylic acids is 1. The number of fused-ring (bicyclic) bond motifs is 1. The standard InChI is InChI=1S/C21H27N7O3S/c1-21(2,3)12-22-16-10-15(18(29)27-6-4-13(5-7-27)24-20(30)31)25-17(26-16)14-11-23-28-8-9-32-19(14)28/h8-11,13,24H,4-7,12H2,1-3H3,(H,30,31)(H,22,25,26). The Morgan fingerprint density at radius 3 is 2.69 bits per heavy atom. The molecule has 1 fully saturated rings. The maximum atomic E-state index is 13.3. The number of amides is 2. The van der Waals surface area contributed by atoms with E-state index in [1.54, 1.807) is 21.7 Å². The molecule has 0 unspecified atom stereocenters. The lowest BCUT2D eigenvalue weighted by atomic mass is 9.97. The minimum absolute atomic E-state index is 0.0348. The molecule has 170 valence electrons. The first-order chi connectivity index (χ1) is 15.2. The second-order valence-electron chi connectivity index (χ2n) is 9.10. The zero-order chi connectivity index (χ0) is 22.9. The molecule has 11 heteroatoms. The van der Waals surface area contributed by atoms with Crippen molar-refractivity contribution in [3.8, 4) is 11.4 Å². The lowest BCUT2D eigenvalue weighted by Gasteiger charge is -2.31. The summed E-state index contributed by atoms with van der Waals surface area (Å²) in [4.78, 5) is 36.0. The maximum absolute atomic E-state index is 13.3. The number of piperidine rings is 1. The molecule has 10 nitrogen and oxygen atoms in total. The van der Waals surface area contributed by atoms with Gasteiger partial charge in [0, 0.05) is 43.3 Å². The molecule has 0 saturated carbocycles. The molecular weight excluding hydrogens is 430 g/mol. The molecule has 0 radical (unpaired) electrons. The van der Waals surface area contributed by atoms with Crippen LogP contribution in [0.2, 0.25) is 0 Å². The minimum Gasteiger partial charge on any atom is -0.465 e. The summed E-state index contributed by atoms with van der Waals surface area (Å²) in [5, 5.41) is 21.0. The Morgan fingerprint density at radius 1 is 1.25 bits per heavy atom. The number of nitrogens with zero attached hydrogens (tertiary/aromatic N) is 5. The van der Waals surface area contributed by atoms with Crippen LogP contribution in [0.1, 0.15) is 44.1 Å². The molecule has 4 rings (SSSR count). The fourth-order valence-corrected chi connectivity index (χ4v) is 4.36. The summed E-state index contributed by atoms with van der Waals surface area (Å²) in [6.45, 7) is 7.99. The van der Waals surface area contributed by atoms with E-state index in [4.69, 9.17) is 5.11 Å². The zero-order valence-corrected chi connectivity index (χ0v) is 19.1. The number of nitrogens with one attached hydrogen (secondary N) is 2. The first-order valence-corrected chi connectivity index (χ1v) is 11.4. The Morgan fingerprint density at radius 2 is 2.00 bits per heavy atom. The van der Waals surface area contributed by atoms with Crippen molar-refractivity contribution < 1.29 is 14.7 Å². The van der Waals surface area contributed by atoms with Crippen LogP contribution in [0, 0.1) is 5.41 Å². The van der Waals surface area contributed by atoms with Gasteiger partial charge in [0.25, 0.3) is 5.91 Å². The Kier molecular flexibility index (Phi) is 6.00. The fourth-order valence-electron chi connectivity index (χ4n) is 3.57. The van der Waals surface area contributed by atoms with Crippen LogP contribution < -0.4 is 10.6 Å². The van der Waals surface area contributed by atoms with Crippen LogP contribution in [0.25, 0.3) is 16.2 Å². The minimum atomic E-state index is -1.04. The van der Waals surface area contributed by atoms with Crippen LogP contribution in [0.15, 0.2) is 23.8 Å². The monoisotopic (exact) mass is 457 g/mol. The van der Waals surface area contributed by atoms with Crippen molar-refractivity contribution in [3.63, 3.8) is 0 Å². The number of thiazole rings is 1. The largest absolute Gasteiger partial charge is 0.465 e. The highest BCUT2D eigenvalue weighted by Gasteiger charge is 2.26. The van der Waals surface area contributed by atoms with Crippen LogP contribution in [0.3, 0.4) is 0 Å². The molecule has 1 aliphatic heterocycles. The molecule has 0 bridgehead atoms. The fraction of sp³-hybridized carbons (Fsp3) is 0.476. The van der Waals surface area contributed by atoms with E-state index >= 15 is 0 Å². The first-order valence-electron chi connectivity index (χ1n) is 10.5. The highest BCUT2D eigenvalue weighted by Crippen LogP contribution is 2.27. The van der Waals surface area contributed by atoms with Crippen molar-refractivity contribution >= 4 is 34.0 Å². The van der Waals surface area contributed by atoms with Crippen LogP contribution in [-0.4, -0.2) is 67.3 Å². The van der Waals surface area contributed by atoms with Crippen LogP contribution in [-0.2, 0) is 0 Å². The lowest BCUT2D eigenvalue weighted by Crippen LogP contribution is -2.46. The first kappa shape index (κ1) is 22.0. The van der Waals surface area contributed by atoms with Crippen molar-refractivity contribution in [2.24, 2.45) is 5.41 Å². The summed E-state index contributed by atoms with van der Waals surface area (Å²) in [7, 11) is 0. The van der Waals surface area contributed by atoms with E-state index in [1.807, 2.05) is 11.6 Å². The number of likely N-dealkylation sites (tertiary alicyclic amines) is 1. The summed E-state index contributed by atoms with van der Waals surface area (Å²) in [6.07, 6.45) is 3.69. The smallest absolute Gasteiger partial charge is 0.404 e. The number of aromatic nitrogens is 4. The van der Waals surface area contributed by atoms with Crippen LogP contribution in [0.5, 0.6) is 0 Å². The van der Waals surface area contributed by atoms with Gasteiger partial charge in [0.15, 0.2) is 5.82 Å². The molecular formula is C21H27N7O3S. The van der Waals surface area contributed by atoms with Crippen molar-refractivity contribution in [1.29, 1.82) is 0 Å². The van der Waals surface area contributed by atoms with Crippen molar-refractivity contribution in [1.82, 2.24) is 29.8 Å². The van der Waals surface area contributed by atoms with E-state index in [9.17, 15) is 9.59 Å². The number of rotatable bonds is 5. The molecule has 3 aromatic heterocycles. The summed E-state index contributed by atoms with van der Waals surface area (Å²) < 4.78 is 1.76. The third kappa shape index (κ3) is 4.98. The molecule has 1 aliphatic rings. The van der Waals surface area contributed by atoms with Crippen molar-refractivity contribution in [2.45, 2.75) is 39.7 Å². The molecule has 0 aromatic carbocycles. The molecule has 4 heterocycles. The SMILES string of the molecule is CC(C)(C)CNc1cc(C(=O)N2CCC(NC(=O)O)CC2)nc(-c2cnn3ccsc23)n1. The molecule has 0 aliphatic carbocycles. The van der Waals surface area contributed by atoms with Gasteiger partial charge in [-0.2, -0.15) is 5.10 Å². The summed E-state index contributed by atoms with van der Waals surface area (Å²) >= 11 is 1.54. The summed E-state index contributed by atoms with van der Waals surface area (Å²) in [5.41, 5.74) is 1.12. The predicted molar refractivity (Wildman–Crippen MR) is 122 cm³/mol. The van der Waals surface area contributed by atoms with Gasteiger partial charge in [-0.15, -0.1) is 11.3 Å². The van der Waals surface area contributed by atoms with Gasteiger partial charge >= 0.3 is 6.09 Å². The van der Waals surface area contributed by atoms with E-state index in [0.717, 1.165) is 10.4 Å². The van der Waals surface area contributed by atoms with Crippen LogP contribution >= 0.6 is 11.3 Å². The van der Waals surface area contributed by atoms with E-state index in [0.29, 0.717) is 49.8 Å². The number of anilines is 1. The second-order valence-corrected chi connectivity index (χ2v) is 10.00. The highest BCUT2D eigenvalue weighted by molar-refractivity contribution is 7.16. The van der Waals surface area contributed by atoms with Gasteiger partial charge in [-0.3, -0.25) is 4.79 Å². The highest BCUT2D eigenvalue weighted by atomic mass is 32.1. The van der Waals surface area contributed by atoms with Gasteiger partial charge in [-0.05, 0) is 18.3 Å². The molecule has 0 spiro atoms. The molecule has 3 aromatic rings. The third-order valence-corrected chi connectivity index (χ3v) is 6.12. The maximum Gasteiger partial charge on any atom is 0.404 e. The Balaban J connectivity index is 1.61. The van der Waals surface area contributed by atoms with Crippen molar-refractivity contribution in [3.05, 3.63) is 29.5 Å². The van der Waals surface area contributed by atoms with Gasteiger partial charge in [-0.25, -0.2) is 19.3 Å². The molecule has 1 saturated heterocycles. The van der Waals surface area contributed by atoms with Gasteiger partial charge in [-0.1, -0.05) is 20.8 Å². The van der Waals surface area contributed by atoms with E-state index in [1.165, 1.54) is 11.3 Å². The third-order valence-electron chi connectivity index (χ3n) is 5.23. The molecule has 3 N–H and O–H groups in total. The lowest BCUT2D eigenvalue weighted by molar-refractivity contribution is 0.0700. The summed E-state index contributed by atoms with van der Waals surface area (Å²) in [6, 6.07) is 1.55. The number of carboxylic acid groups (broad SMARTS) is 1. The number of hydrogen-bond acceptors (Lipinski definition) is 7. The quantitative estimate of drug-likeness (QED) is 0.537. The molecule has 0 atom stereocenters. The Hall–Kier alpha value is -3.21. The zero-order valence-electron chi connectivity index (χ0n) is 18.3. The molecule has 2 amide bonds. The average Bonchev–Trinajstić information content (AvgIpc) is 3.35. The van der Waals surface area contributed by atoms with Crippen molar-refractivity contribution in [2.75, 3.05) is 25.0 Å². The Labute approximate surface area is 189 Å². The predicted octanol–water partition coefficient (Wildman–Crippen LogP) is 3.18. The topological polar surface area (TPSA) is 125 Å². The van der Waals surface area contributed by atoms with E-state index < -0.39 is 6.09 Å². The van der Waals surface area contributed by atoms with E-state index in [-0.39, 0.29) is 17.4 Å². The van der Waals surface area contributed by atoms with Gasteiger partial charge < -0.3 is 20.6 Å². The van der Waals surface area contributed by atoms with E-state index in [2.05, 4.69) is 46.5 Å². The average molecular weight is 458 g/mol. The summed E-state index contributed by atoms with van der Waals surface area (Å²) in [5.74, 6) is 0.856. The normalized spacial score (nSPS) is 15.2. The van der Waals surface area contributed by atoms with Gasteiger partial charge in [0.2, 0.25) is 0 Å². The van der Waals surface area contributed by atoms with Gasteiger partial charge in [0.05, 0.1) is 11.8 Å². The number of hydrogen-bond donors (Lipinski definition) is 3. The second kappa shape index (κ2) is 8.73. The Bertz CT molecular complexity index is 1130. The number of carbonyl (C=O) groups is 2. The van der Waals surface area contributed by atoms with Gasteiger partial charge in [0.1, 0.15) is 16.3 Å². The molecule has 32 heavy (non-hydrogen) atoms.